The molecular formula is C21H23NO4S. The lowest BCUT2D eigenvalue weighted by molar-refractivity contribution is -0.136. The second-order valence-electron chi connectivity index (χ2n) is 6.04. The van der Waals surface area contributed by atoms with Crippen molar-refractivity contribution in [1.82, 2.24) is 0 Å². The number of rotatable bonds is 7. The summed E-state index contributed by atoms with van der Waals surface area (Å²) in [5, 5.41) is 9.14. The minimum atomic E-state index is -1.08. The molecule has 0 aromatic heterocycles. The van der Waals surface area contributed by atoms with Crippen LogP contribution in [0.3, 0.4) is 0 Å². The second kappa shape index (κ2) is 8.86. The Kier molecular flexibility index (Phi) is 6.29. The van der Waals surface area contributed by atoms with Gasteiger partial charge in [-0.05, 0) is 49.8 Å². The van der Waals surface area contributed by atoms with Crippen LogP contribution in [0.4, 0.5) is 5.69 Å². The molecule has 2 aromatic carbocycles. The summed E-state index contributed by atoms with van der Waals surface area (Å²) in [6, 6.07) is 15.7. The van der Waals surface area contributed by atoms with E-state index in [9.17, 15) is 4.79 Å². The molecule has 6 heteroatoms. The third kappa shape index (κ3) is 4.77. The Hall–Kier alpha value is -2.60. The smallest absolute Gasteiger partial charge is 0.371 e. The average Bonchev–Trinajstić information content (AvgIpc) is 2.68. The highest BCUT2D eigenvalue weighted by atomic mass is 32.2. The Morgan fingerprint density at radius 1 is 1.26 bits per heavy atom. The Bertz CT molecular complexity index is 819. The number of carboxylic acid groups (broad SMARTS) is 1. The first kappa shape index (κ1) is 19.2. The first-order chi connectivity index (χ1) is 13.1. The third-order valence-electron chi connectivity index (χ3n) is 4.20. The standard InChI is InChI=1S/C21H23NO4S/c1-3-25-19(21(23)24)14-16-8-10-17(11-9-16)26-15(2)22-12-13-27-20-7-5-4-6-18(20)22/h4-11,14-15H,3,12-13H2,1-2H3,(H,23,24)/b19-14+. The summed E-state index contributed by atoms with van der Waals surface area (Å²) in [5.74, 6) is 0.627. The van der Waals surface area contributed by atoms with Crippen molar-refractivity contribution in [3.8, 4) is 5.75 Å². The lowest BCUT2D eigenvalue weighted by Gasteiger charge is -2.35. The zero-order valence-electron chi connectivity index (χ0n) is 15.4. The van der Waals surface area contributed by atoms with Gasteiger partial charge in [-0.15, -0.1) is 11.8 Å². The monoisotopic (exact) mass is 385 g/mol. The number of anilines is 1. The van der Waals surface area contributed by atoms with E-state index in [2.05, 4.69) is 23.1 Å². The van der Waals surface area contributed by atoms with Crippen molar-refractivity contribution in [2.45, 2.75) is 25.0 Å². The normalized spacial score (nSPS) is 15.0. The predicted octanol–water partition coefficient (Wildman–Crippen LogP) is 4.49. The second-order valence-corrected chi connectivity index (χ2v) is 7.18. The molecule has 0 aliphatic carbocycles. The number of benzene rings is 2. The molecule has 2 aromatic rings. The number of fused-ring (bicyclic) bond motifs is 1. The lowest BCUT2D eigenvalue weighted by Crippen LogP contribution is -2.40. The SMILES string of the molecule is CCO/C(=C/c1ccc(OC(C)N2CCSc3ccccc32)cc1)C(=O)O. The van der Waals surface area contributed by atoms with Crippen LogP contribution in [0.2, 0.25) is 0 Å². The van der Waals surface area contributed by atoms with Gasteiger partial charge >= 0.3 is 5.97 Å². The van der Waals surface area contributed by atoms with Crippen molar-refractivity contribution in [2.75, 3.05) is 23.8 Å². The van der Waals surface area contributed by atoms with Gasteiger partial charge in [-0.1, -0.05) is 24.3 Å². The van der Waals surface area contributed by atoms with Gasteiger partial charge in [0.15, 0.2) is 6.23 Å². The summed E-state index contributed by atoms with van der Waals surface area (Å²) >= 11 is 1.87. The highest BCUT2D eigenvalue weighted by Gasteiger charge is 2.22. The fraction of sp³-hybridized carbons (Fsp3) is 0.286. The number of aliphatic carboxylic acids is 1. The van der Waals surface area contributed by atoms with Crippen LogP contribution >= 0.6 is 11.8 Å². The molecule has 27 heavy (non-hydrogen) atoms. The number of hydrogen-bond acceptors (Lipinski definition) is 5. The van der Waals surface area contributed by atoms with Gasteiger partial charge in [0.2, 0.25) is 5.76 Å². The fourth-order valence-electron chi connectivity index (χ4n) is 2.94. The van der Waals surface area contributed by atoms with Crippen LogP contribution in [0.1, 0.15) is 19.4 Å². The number of carboxylic acids is 1. The molecule has 0 amide bonds. The van der Waals surface area contributed by atoms with E-state index in [4.69, 9.17) is 14.6 Å². The van der Waals surface area contributed by atoms with Crippen LogP contribution in [0, 0.1) is 0 Å². The number of thioether (sulfide) groups is 1. The molecule has 0 fully saturated rings. The van der Waals surface area contributed by atoms with Crippen LogP contribution in [0.25, 0.3) is 6.08 Å². The van der Waals surface area contributed by atoms with E-state index < -0.39 is 5.97 Å². The molecule has 0 saturated heterocycles. The molecule has 0 spiro atoms. The van der Waals surface area contributed by atoms with Gasteiger partial charge in [0.1, 0.15) is 5.75 Å². The molecule has 1 aliphatic heterocycles. The van der Waals surface area contributed by atoms with Gasteiger partial charge in [0.05, 0.1) is 12.3 Å². The Labute approximate surface area is 163 Å². The summed E-state index contributed by atoms with van der Waals surface area (Å²) in [4.78, 5) is 14.7. The molecule has 1 aliphatic rings. The number of hydrogen-bond donors (Lipinski definition) is 1. The molecule has 1 heterocycles. The molecule has 1 unspecified atom stereocenters. The molecule has 0 radical (unpaired) electrons. The number of nitrogens with zero attached hydrogens (tertiary/aromatic N) is 1. The molecule has 0 bridgehead atoms. The van der Waals surface area contributed by atoms with Gasteiger partial charge in [0, 0.05) is 17.2 Å². The predicted molar refractivity (Wildman–Crippen MR) is 108 cm³/mol. The highest BCUT2D eigenvalue weighted by Crippen LogP contribution is 2.35. The fourth-order valence-corrected chi connectivity index (χ4v) is 3.96. The van der Waals surface area contributed by atoms with Gasteiger partial charge in [-0.2, -0.15) is 0 Å². The lowest BCUT2D eigenvalue weighted by atomic mass is 10.2. The van der Waals surface area contributed by atoms with Crippen LogP contribution < -0.4 is 9.64 Å². The van der Waals surface area contributed by atoms with E-state index in [1.807, 2.05) is 49.0 Å². The van der Waals surface area contributed by atoms with E-state index in [-0.39, 0.29) is 12.0 Å². The molecule has 1 atom stereocenters. The zero-order valence-corrected chi connectivity index (χ0v) is 16.2. The Morgan fingerprint density at radius 2 is 2.00 bits per heavy atom. The van der Waals surface area contributed by atoms with Crippen molar-refractivity contribution in [3.05, 3.63) is 59.9 Å². The maximum atomic E-state index is 11.2. The van der Waals surface area contributed by atoms with E-state index in [0.29, 0.717) is 6.61 Å². The summed E-state index contributed by atoms with van der Waals surface area (Å²) in [6.45, 7) is 5.04. The average molecular weight is 385 g/mol. The van der Waals surface area contributed by atoms with Crippen molar-refractivity contribution in [1.29, 1.82) is 0 Å². The van der Waals surface area contributed by atoms with E-state index in [0.717, 1.165) is 23.6 Å². The van der Waals surface area contributed by atoms with Crippen LogP contribution in [0.15, 0.2) is 59.2 Å². The van der Waals surface area contributed by atoms with E-state index >= 15 is 0 Å². The number of carbonyl (C=O) groups is 1. The quantitative estimate of drug-likeness (QED) is 0.560. The maximum absolute atomic E-state index is 11.2. The number of para-hydroxylation sites is 1. The summed E-state index contributed by atoms with van der Waals surface area (Å²) in [5.41, 5.74) is 1.95. The Morgan fingerprint density at radius 3 is 2.70 bits per heavy atom. The largest absolute Gasteiger partial charge is 0.487 e. The summed E-state index contributed by atoms with van der Waals surface area (Å²) in [7, 11) is 0. The van der Waals surface area contributed by atoms with Crippen molar-refractivity contribution >= 4 is 29.5 Å². The highest BCUT2D eigenvalue weighted by molar-refractivity contribution is 7.99. The summed E-state index contributed by atoms with van der Waals surface area (Å²) in [6.07, 6.45) is 1.41. The molecule has 1 N–H and O–H groups in total. The van der Waals surface area contributed by atoms with Crippen LogP contribution in [-0.2, 0) is 9.53 Å². The van der Waals surface area contributed by atoms with Crippen molar-refractivity contribution in [2.24, 2.45) is 0 Å². The zero-order chi connectivity index (χ0) is 19.2. The van der Waals surface area contributed by atoms with Crippen molar-refractivity contribution < 1.29 is 19.4 Å². The topological polar surface area (TPSA) is 59.0 Å². The van der Waals surface area contributed by atoms with Crippen LogP contribution in [0.5, 0.6) is 5.75 Å². The van der Waals surface area contributed by atoms with Crippen molar-refractivity contribution in [3.63, 3.8) is 0 Å². The van der Waals surface area contributed by atoms with Gasteiger partial charge < -0.3 is 19.5 Å². The third-order valence-corrected chi connectivity index (χ3v) is 5.24. The molecule has 142 valence electrons. The van der Waals surface area contributed by atoms with Crippen LogP contribution in [-0.4, -0.2) is 36.2 Å². The molecule has 5 nitrogen and oxygen atoms in total. The molecular weight excluding hydrogens is 362 g/mol. The summed E-state index contributed by atoms with van der Waals surface area (Å²) < 4.78 is 11.3. The van der Waals surface area contributed by atoms with Gasteiger partial charge in [-0.3, -0.25) is 0 Å². The number of ether oxygens (including phenoxy) is 2. The first-order valence-corrected chi connectivity index (χ1v) is 9.90. The molecule has 0 saturated carbocycles. The van der Waals surface area contributed by atoms with E-state index in [1.165, 1.54) is 16.7 Å². The minimum absolute atomic E-state index is 0.0676. The van der Waals surface area contributed by atoms with Gasteiger partial charge in [-0.25, -0.2) is 4.79 Å². The van der Waals surface area contributed by atoms with Gasteiger partial charge in [0.25, 0.3) is 0 Å². The first-order valence-electron chi connectivity index (χ1n) is 8.91. The Balaban J connectivity index is 1.70. The maximum Gasteiger partial charge on any atom is 0.371 e. The van der Waals surface area contributed by atoms with E-state index in [1.54, 1.807) is 6.92 Å². The molecule has 3 rings (SSSR count). The minimum Gasteiger partial charge on any atom is -0.487 e.